The van der Waals surface area contributed by atoms with E-state index >= 15 is 4.39 Å². The normalized spacial score (nSPS) is 20.6. The maximum absolute atomic E-state index is 15.1. The molecule has 42 heavy (non-hydrogen) atoms. The summed E-state index contributed by atoms with van der Waals surface area (Å²) >= 11 is 0. The van der Waals surface area contributed by atoms with Gasteiger partial charge < -0.3 is 20.7 Å². The molecule has 2 saturated carbocycles. The number of nitrogens with zero attached hydrogens (tertiary/aromatic N) is 3. The van der Waals surface area contributed by atoms with E-state index in [1.165, 1.54) is 25.3 Å². The SMILES string of the molecule is Cc1ccc2c(NC(=O)C[C@H]3CC34CCC4)c(F)ccc2c1Oc1ncccc1-c1ccnc(N[C@H]2CCCNC2)n1. The van der Waals surface area contributed by atoms with Crippen molar-refractivity contribution in [3.63, 3.8) is 0 Å². The van der Waals surface area contributed by atoms with Crippen molar-refractivity contribution in [2.45, 2.75) is 57.9 Å². The van der Waals surface area contributed by atoms with Crippen LogP contribution in [0, 0.1) is 24.1 Å². The van der Waals surface area contributed by atoms with Crippen molar-refractivity contribution in [1.29, 1.82) is 0 Å². The highest BCUT2D eigenvalue weighted by molar-refractivity contribution is 6.05. The van der Waals surface area contributed by atoms with Gasteiger partial charge >= 0.3 is 0 Å². The van der Waals surface area contributed by atoms with E-state index in [4.69, 9.17) is 9.72 Å². The third-order valence-electron chi connectivity index (χ3n) is 9.23. The van der Waals surface area contributed by atoms with E-state index in [1.807, 2.05) is 37.3 Å². The van der Waals surface area contributed by atoms with E-state index in [0.29, 0.717) is 57.4 Å². The number of ether oxygens (including phenoxy) is 1. The van der Waals surface area contributed by atoms with Crippen molar-refractivity contribution in [1.82, 2.24) is 20.3 Å². The number of carbonyl (C=O) groups excluding carboxylic acids is 1. The molecule has 0 bridgehead atoms. The zero-order valence-electron chi connectivity index (χ0n) is 23.8. The summed E-state index contributed by atoms with van der Waals surface area (Å²) in [6.07, 6.45) is 10.8. The Kier molecular flexibility index (Phi) is 6.98. The smallest absolute Gasteiger partial charge is 0.228 e. The summed E-state index contributed by atoms with van der Waals surface area (Å²) in [5.41, 5.74) is 2.84. The molecular weight excluding hydrogens is 531 g/mol. The lowest BCUT2D eigenvalue weighted by Gasteiger charge is -2.26. The van der Waals surface area contributed by atoms with Gasteiger partial charge in [-0.05, 0) is 92.8 Å². The van der Waals surface area contributed by atoms with Crippen LogP contribution >= 0.6 is 0 Å². The van der Waals surface area contributed by atoms with Crippen LogP contribution in [-0.4, -0.2) is 40.0 Å². The average Bonchev–Trinajstić information content (AvgIpc) is 3.72. The number of carbonyl (C=O) groups is 1. The van der Waals surface area contributed by atoms with Crippen LogP contribution in [-0.2, 0) is 4.79 Å². The van der Waals surface area contributed by atoms with Crippen LogP contribution in [0.1, 0.15) is 50.5 Å². The summed E-state index contributed by atoms with van der Waals surface area (Å²) in [6.45, 7) is 3.85. The number of amides is 1. The van der Waals surface area contributed by atoms with Gasteiger partial charge in [0.2, 0.25) is 17.7 Å². The van der Waals surface area contributed by atoms with Gasteiger partial charge in [-0.1, -0.05) is 18.6 Å². The van der Waals surface area contributed by atoms with Crippen molar-refractivity contribution in [2.75, 3.05) is 23.7 Å². The summed E-state index contributed by atoms with van der Waals surface area (Å²) < 4.78 is 21.6. The largest absolute Gasteiger partial charge is 0.437 e. The van der Waals surface area contributed by atoms with E-state index in [0.717, 1.165) is 37.9 Å². The Morgan fingerprint density at radius 1 is 1.10 bits per heavy atom. The number of rotatable bonds is 8. The van der Waals surface area contributed by atoms with Crippen molar-refractivity contribution in [3.05, 3.63) is 66.2 Å². The van der Waals surface area contributed by atoms with E-state index in [9.17, 15) is 4.79 Å². The minimum absolute atomic E-state index is 0.137. The molecule has 8 nitrogen and oxygen atoms in total. The first-order valence-electron chi connectivity index (χ1n) is 14.9. The molecule has 3 heterocycles. The summed E-state index contributed by atoms with van der Waals surface area (Å²) in [5, 5.41) is 11.0. The van der Waals surface area contributed by atoms with Gasteiger partial charge in [0, 0.05) is 42.2 Å². The standard InChI is InChI=1S/C33H35FN6O2/c1-20-7-8-23-24(9-10-26(34)29(23)40-28(41)17-21-18-33(21)12-4-13-33)30(20)42-31-25(6-3-15-36-31)27-11-16-37-32(39-27)38-22-5-2-14-35-19-22/h3,6-11,15-16,21-22,35H,2,4-5,12-14,17-19H2,1H3,(H,40,41)(H,37,38,39)/t21-,22-/m0/s1. The van der Waals surface area contributed by atoms with E-state index in [2.05, 4.69) is 25.9 Å². The Morgan fingerprint density at radius 3 is 2.76 bits per heavy atom. The number of piperidine rings is 1. The van der Waals surface area contributed by atoms with Crippen LogP contribution in [0.4, 0.5) is 16.0 Å². The number of hydrogen-bond donors (Lipinski definition) is 3. The predicted molar refractivity (Wildman–Crippen MR) is 161 cm³/mol. The Bertz CT molecular complexity index is 1650. The molecule has 9 heteroatoms. The van der Waals surface area contributed by atoms with Crippen molar-refractivity contribution in [2.24, 2.45) is 11.3 Å². The molecule has 2 aromatic carbocycles. The maximum atomic E-state index is 15.1. The second-order valence-corrected chi connectivity index (χ2v) is 12.0. The maximum Gasteiger partial charge on any atom is 0.228 e. The zero-order valence-corrected chi connectivity index (χ0v) is 23.8. The van der Waals surface area contributed by atoms with Crippen LogP contribution in [0.15, 0.2) is 54.9 Å². The van der Waals surface area contributed by atoms with Gasteiger partial charge in [0.1, 0.15) is 11.6 Å². The highest BCUT2D eigenvalue weighted by Gasteiger charge is 2.57. The Balaban J connectivity index is 1.17. The fraction of sp³-hybridized carbons (Fsp3) is 0.394. The van der Waals surface area contributed by atoms with E-state index in [1.54, 1.807) is 18.5 Å². The number of halogens is 1. The topological polar surface area (TPSA) is 101 Å². The Morgan fingerprint density at radius 2 is 1.98 bits per heavy atom. The lowest BCUT2D eigenvalue weighted by molar-refractivity contribution is -0.116. The summed E-state index contributed by atoms with van der Waals surface area (Å²) in [5.74, 6) is 1.31. The minimum atomic E-state index is -0.465. The fourth-order valence-corrected chi connectivity index (χ4v) is 6.60. The number of anilines is 2. The lowest BCUT2D eigenvalue weighted by atomic mass is 9.79. The van der Waals surface area contributed by atoms with Gasteiger partial charge in [-0.2, -0.15) is 0 Å². The number of aryl methyl sites for hydroxylation is 1. The molecule has 0 radical (unpaired) electrons. The second-order valence-electron chi connectivity index (χ2n) is 12.0. The Hall–Kier alpha value is -4.11. The van der Waals surface area contributed by atoms with E-state index in [-0.39, 0.29) is 17.6 Å². The van der Waals surface area contributed by atoms with Gasteiger partial charge in [0.15, 0.2) is 0 Å². The van der Waals surface area contributed by atoms with Crippen molar-refractivity contribution in [3.8, 4) is 22.9 Å². The molecule has 2 aromatic heterocycles. The average molecular weight is 567 g/mol. The quantitative estimate of drug-likeness (QED) is 0.221. The van der Waals surface area contributed by atoms with Crippen molar-refractivity contribution >= 4 is 28.3 Å². The zero-order chi connectivity index (χ0) is 28.7. The van der Waals surface area contributed by atoms with Crippen LogP contribution in [0.5, 0.6) is 11.6 Å². The first-order valence-corrected chi connectivity index (χ1v) is 14.9. The summed E-state index contributed by atoms with van der Waals surface area (Å²) in [6, 6.07) is 12.7. The molecule has 1 aliphatic heterocycles. The molecule has 1 saturated heterocycles. The monoisotopic (exact) mass is 566 g/mol. The highest BCUT2D eigenvalue weighted by Crippen LogP contribution is 2.66. The number of pyridine rings is 1. The van der Waals surface area contributed by atoms with Crippen molar-refractivity contribution < 1.29 is 13.9 Å². The van der Waals surface area contributed by atoms with E-state index < -0.39 is 5.82 Å². The first kappa shape index (κ1) is 26.8. The molecule has 0 unspecified atom stereocenters. The van der Waals surface area contributed by atoms with Crippen LogP contribution in [0.25, 0.3) is 22.0 Å². The van der Waals surface area contributed by atoms with Gasteiger partial charge in [-0.3, -0.25) is 4.79 Å². The fourth-order valence-electron chi connectivity index (χ4n) is 6.60. The molecule has 3 N–H and O–H groups in total. The van der Waals surface area contributed by atoms with Crippen LogP contribution < -0.4 is 20.7 Å². The second kappa shape index (κ2) is 10.9. The molecule has 4 aromatic rings. The van der Waals surface area contributed by atoms with Gasteiger partial charge in [0.05, 0.1) is 16.9 Å². The molecule has 216 valence electrons. The van der Waals surface area contributed by atoms with Gasteiger partial charge in [-0.25, -0.2) is 19.3 Å². The highest BCUT2D eigenvalue weighted by atomic mass is 19.1. The van der Waals surface area contributed by atoms with Crippen LogP contribution in [0.3, 0.4) is 0 Å². The molecule has 2 aliphatic carbocycles. The predicted octanol–water partition coefficient (Wildman–Crippen LogP) is 6.61. The molecular formula is C33H35FN6O2. The summed E-state index contributed by atoms with van der Waals surface area (Å²) in [4.78, 5) is 26.7. The number of hydrogen-bond acceptors (Lipinski definition) is 7. The molecule has 3 aliphatic rings. The third-order valence-corrected chi connectivity index (χ3v) is 9.23. The minimum Gasteiger partial charge on any atom is -0.437 e. The third kappa shape index (κ3) is 5.17. The molecule has 1 spiro atoms. The lowest BCUT2D eigenvalue weighted by Crippen LogP contribution is -2.38. The number of nitrogens with one attached hydrogen (secondary N) is 3. The molecule has 2 atom stereocenters. The first-order chi connectivity index (χ1) is 20.5. The molecule has 1 amide bonds. The number of fused-ring (bicyclic) bond motifs is 1. The molecule has 7 rings (SSSR count). The van der Waals surface area contributed by atoms with Gasteiger partial charge in [0.25, 0.3) is 0 Å². The van der Waals surface area contributed by atoms with Crippen LogP contribution in [0.2, 0.25) is 0 Å². The van der Waals surface area contributed by atoms with Gasteiger partial charge in [-0.15, -0.1) is 0 Å². The molecule has 3 fully saturated rings. The summed E-state index contributed by atoms with van der Waals surface area (Å²) in [7, 11) is 0. The Labute approximate surface area is 244 Å². The number of benzene rings is 2. The number of aromatic nitrogens is 3.